The van der Waals surface area contributed by atoms with E-state index in [0.717, 1.165) is 0 Å². The molecule has 1 saturated heterocycles. The first kappa shape index (κ1) is 18.0. The van der Waals surface area contributed by atoms with Crippen LogP contribution in [0.2, 0.25) is 0 Å². The number of rotatable bonds is 5. The molecule has 0 spiro atoms. The number of ether oxygens (including phenoxy) is 2. The van der Waals surface area contributed by atoms with Crippen molar-refractivity contribution >= 4 is 24.8 Å². The average Bonchev–Trinajstić information content (AvgIpc) is 2.88. The van der Waals surface area contributed by atoms with E-state index in [4.69, 9.17) is 9.47 Å². The van der Waals surface area contributed by atoms with Crippen LogP contribution >= 0.6 is 12.6 Å². The predicted octanol–water partition coefficient (Wildman–Crippen LogP) is 1.60. The summed E-state index contributed by atoms with van der Waals surface area (Å²) in [6.07, 6.45) is 2.64. The molecule has 1 N–H and O–H groups in total. The fourth-order valence-corrected chi connectivity index (χ4v) is 2.21. The number of carbonyl (C=O) groups excluding carboxylic acids is 2. The number of alkyl carbamates (subject to hydrolysis) is 1. The van der Waals surface area contributed by atoms with Gasteiger partial charge in [-0.3, -0.25) is 4.90 Å². The first-order chi connectivity index (χ1) is 10.6. The molecule has 2 amide bonds. The van der Waals surface area contributed by atoms with E-state index in [1.807, 2.05) is 0 Å². The van der Waals surface area contributed by atoms with Gasteiger partial charge in [0, 0.05) is 11.8 Å². The first-order valence-corrected chi connectivity index (χ1v) is 7.32. The van der Waals surface area contributed by atoms with Crippen molar-refractivity contribution in [3.8, 4) is 11.8 Å². The highest BCUT2D eigenvalue weighted by molar-refractivity contribution is 7.81. The third-order valence-electron chi connectivity index (χ3n) is 2.76. The quantitative estimate of drug-likeness (QED) is 0.458. The zero-order valence-corrected chi connectivity index (χ0v) is 13.2. The molecule has 7 heteroatoms. The average molecular weight is 324 g/mol. The lowest BCUT2D eigenvalue weighted by Gasteiger charge is -2.19. The van der Waals surface area contributed by atoms with Gasteiger partial charge < -0.3 is 14.8 Å². The normalized spacial score (nSPS) is 19.6. The smallest absolute Gasteiger partial charge is 0.411 e. The van der Waals surface area contributed by atoms with Gasteiger partial charge in [-0.25, -0.2) is 9.59 Å². The molecule has 1 rings (SSSR count). The number of hydrogen-bond donors (Lipinski definition) is 2. The summed E-state index contributed by atoms with van der Waals surface area (Å²) in [5, 5.41) is 2.54. The second-order valence-electron chi connectivity index (χ2n) is 4.49. The van der Waals surface area contributed by atoms with Crippen molar-refractivity contribution in [2.75, 3.05) is 26.3 Å². The van der Waals surface area contributed by atoms with Gasteiger partial charge in [0.25, 0.3) is 0 Å². The Morgan fingerprint density at radius 2 is 2.00 bits per heavy atom. The van der Waals surface area contributed by atoms with E-state index >= 15 is 0 Å². The first-order valence-electron chi connectivity index (χ1n) is 6.80. The Morgan fingerprint density at radius 3 is 2.68 bits per heavy atom. The Morgan fingerprint density at radius 1 is 1.32 bits per heavy atom. The Labute approximate surface area is 135 Å². The summed E-state index contributed by atoms with van der Waals surface area (Å²) in [7, 11) is 0. The lowest BCUT2D eigenvalue weighted by atomic mass is 10.2. The molecule has 0 saturated carbocycles. The Kier molecular flexibility index (Phi) is 8.00. The van der Waals surface area contributed by atoms with E-state index < -0.39 is 12.2 Å². The highest BCUT2D eigenvalue weighted by Crippen LogP contribution is 2.22. The van der Waals surface area contributed by atoms with E-state index in [1.54, 1.807) is 0 Å². The van der Waals surface area contributed by atoms with Crippen LogP contribution in [-0.2, 0) is 9.47 Å². The molecule has 1 aliphatic rings. The number of nitrogens with zero attached hydrogens (tertiary/aromatic N) is 1. The van der Waals surface area contributed by atoms with Gasteiger partial charge in [-0.15, -0.1) is 0 Å². The van der Waals surface area contributed by atoms with Gasteiger partial charge in [-0.05, 0) is 6.42 Å². The summed E-state index contributed by atoms with van der Waals surface area (Å²) in [4.78, 5) is 24.6. The third-order valence-corrected chi connectivity index (χ3v) is 3.13. The number of hydrogen-bond acceptors (Lipinski definition) is 5. The van der Waals surface area contributed by atoms with E-state index in [-0.39, 0.29) is 31.1 Å². The lowest BCUT2D eigenvalue weighted by molar-refractivity contribution is 0.115. The van der Waals surface area contributed by atoms with E-state index in [1.165, 1.54) is 17.1 Å². The maximum Gasteiger partial charge on any atom is 0.411 e. The molecule has 2 atom stereocenters. The molecule has 0 radical (unpaired) electrons. The zero-order valence-electron chi connectivity index (χ0n) is 12.3. The molecule has 0 aliphatic carbocycles. The lowest BCUT2D eigenvalue weighted by Crippen LogP contribution is -2.35. The number of nitrogens with one attached hydrogen (secondary N) is 1. The molecule has 6 nitrogen and oxygen atoms in total. The van der Waals surface area contributed by atoms with Gasteiger partial charge in [0.1, 0.15) is 13.2 Å². The van der Waals surface area contributed by atoms with Crippen molar-refractivity contribution in [1.29, 1.82) is 0 Å². The van der Waals surface area contributed by atoms with Crippen LogP contribution in [0.25, 0.3) is 0 Å². The number of amides is 2. The Balaban J connectivity index is 2.46. The fraction of sp³-hybridized carbons (Fsp3) is 0.467. The highest BCUT2D eigenvalue weighted by Gasteiger charge is 2.33. The Bertz CT molecular complexity index is 484. The minimum absolute atomic E-state index is 0.0566. The summed E-state index contributed by atoms with van der Waals surface area (Å²) >= 11 is 4.38. The van der Waals surface area contributed by atoms with Crippen LogP contribution in [0.1, 0.15) is 6.42 Å². The minimum Gasteiger partial charge on any atom is -0.445 e. The fourth-order valence-electron chi connectivity index (χ4n) is 1.84. The van der Waals surface area contributed by atoms with Gasteiger partial charge in [-0.2, -0.15) is 12.6 Å². The van der Waals surface area contributed by atoms with Gasteiger partial charge in [0.15, 0.2) is 0 Å². The molecule has 1 heterocycles. The van der Waals surface area contributed by atoms with E-state index in [2.05, 4.69) is 42.9 Å². The summed E-state index contributed by atoms with van der Waals surface area (Å²) in [5.74, 6) is 5.75. The second-order valence-corrected chi connectivity index (χ2v) is 5.22. The molecule has 0 aromatic carbocycles. The summed E-state index contributed by atoms with van der Waals surface area (Å²) in [6.45, 7) is 7.85. The van der Waals surface area contributed by atoms with Crippen molar-refractivity contribution in [3.63, 3.8) is 0 Å². The van der Waals surface area contributed by atoms with Crippen molar-refractivity contribution in [1.82, 2.24) is 10.2 Å². The van der Waals surface area contributed by atoms with Crippen molar-refractivity contribution in [2.24, 2.45) is 0 Å². The van der Waals surface area contributed by atoms with E-state index in [9.17, 15) is 9.59 Å². The molecule has 0 aromatic rings. The highest BCUT2D eigenvalue weighted by atomic mass is 32.1. The largest absolute Gasteiger partial charge is 0.445 e. The van der Waals surface area contributed by atoms with Crippen LogP contribution in [0.5, 0.6) is 0 Å². The summed E-state index contributed by atoms with van der Waals surface area (Å²) in [6, 6.07) is -0.272. The van der Waals surface area contributed by atoms with Gasteiger partial charge in [0.2, 0.25) is 0 Å². The van der Waals surface area contributed by atoms with Crippen LogP contribution < -0.4 is 5.32 Å². The number of thiol groups is 1. The van der Waals surface area contributed by atoms with Crippen LogP contribution in [0.3, 0.4) is 0 Å². The predicted molar refractivity (Wildman–Crippen MR) is 86.8 cm³/mol. The van der Waals surface area contributed by atoms with Crippen LogP contribution in [0.15, 0.2) is 25.3 Å². The summed E-state index contributed by atoms with van der Waals surface area (Å²) < 4.78 is 9.75. The molecule has 0 aromatic heterocycles. The van der Waals surface area contributed by atoms with Crippen molar-refractivity contribution in [3.05, 3.63) is 25.3 Å². The molecule has 1 aliphatic heterocycles. The van der Waals surface area contributed by atoms with Crippen LogP contribution in [-0.4, -0.2) is 54.7 Å². The second kappa shape index (κ2) is 9.79. The van der Waals surface area contributed by atoms with Crippen LogP contribution in [0.4, 0.5) is 9.59 Å². The van der Waals surface area contributed by atoms with Gasteiger partial charge >= 0.3 is 12.2 Å². The molecular formula is C15H20N2O4S. The maximum atomic E-state index is 11.9. The van der Waals surface area contributed by atoms with E-state index in [0.29, 0.717) is 13.0 Å². The minimum atomic E-state index is -0.560. The van der Waals surface area contributed by atoms with Crippen molar-refractivity contribution < 1.29 is 19.1 Å². The monoisotopic (exact) mass is 324 g/mol. The zero-order chi connectivity index (χ0) is 16.4. The van der Waals surface area contributed by atoms with Gasteiger partial charge in [0.05, 0.1) is 12.6 Å². The number of likely N-dealkylation sites (tertiary alicyclic amines) is 1. The van der Waals surface area contributed by atoms with Crippen LogP contribution in [0, 0.1) is 11.8 Å². The van der Waals surface area contributed by atoms with Crippen molar-refractivity contribution in [2.45, 2.75) is 17.7 Å². The molecule has 1 fully saturated rings. The Hall–Kier alpha value is -2.07. The number of carbonyl (C=O) groups is 2. The summed E-state index contributed by atoms with van der Waals surface area (Å²) in [5.41, 5.74) is 0. The molecular weight excluding hydrogens is 304 g/mol. The maximum absolute atomic E-state index is 11.9. The molecule has 22 heavy (non-hydrogen) atoms. The van der Waals surface area contributed by atoms with Gasteiger partial charge in [-0.1, -0.05) is 37.2 Å². The SMILES string of the molecule is C=CCOC(=O)NCC#C[C@@H]1C[C@H](S)CN1C(=O)OCC=C. The molecule has 0 bridgehead atoms. The molecule has 120 valence electrons. The topological polar surface area (TPSA) is 67.9 Å². The molecule has 0 unspecified atom stereocenters. The third kappa shape index (κ3) is 6.14. The standard InChI is InChI=1S/C15H20N2O4S/c1-3-8-20-14(18)16-7-5-6-12-10-13(22)11-17(12)15(19)21-9-4-2/h3-4,12-13,22H,1-2,7-11H2,(H,16,18)/t12-,13+/m1/s1.